The van der Waals surface area contributed by atoms with Gasteiger partial charge < -0.3 is 15.0 Å². The number of hydrogen-bond donors (Lipinski definition) is 1. The minimum Gasteiger partial charge on any atom is -0.459 e. The highest BCUT2D eigenvalue weighted by Crippen LogP contribution is 2.36. The first-order valence-electron chi connectivity index (χ1n) is 10.4. The van der Waals surface area contributed by atoms with Crippen molar-refractivity contribution < 1.29 is 19.1 Å². The third kappa shape index (κ3) is 5.20. The number of carbonyl (C=O) groups excluding carboxylic acids is 3. The lowest BCUT2D eigenvalue weighted by atomic mass is 9.71. The smallest absolute Gasteiger partial charge is 0.328 e. The van der Waals surface area contributed by atoms with Crippen molar-refractivity contribution in [3.8, 4) is 0 Å². The highest BCUT2D eigenvalue weighted by molar-refractivity contribution is 5.92. The van der Waals surface area contributed by atoms with Crippen LogP contribution in [-0.2, 0) is 31.1 Å². The molecule has 1 heterocycles. The molecule has 1 aliphatic rings. The molecule has 0 aromatic heterocycles. The van der Waals surface area contributed by atoms with Gasteiger partial charge in [0.1, 0.15) is 12.6 Å². The van der Waals surface area contributed by atoms with Crippen LogP contribution < -0.4 is 5.32 Å². The van der Waals surface area contributed by atoms with E-state index in [1.54, 1.807) is 11.8 Å². The molecule has 1 saturated heterocycles. The lowest BCUT2D eigenvalue weighted by Gasteiger charge is -2.41. The Kier molecular flexibility index (Phi) is 7.23. The molecule has 0 saturated carbocycles. The Hall–Kier alpha value is -3.41. The summed E-state index contributed by atoms with van der Waals surface area (Å²) in [5, 5.41) is 2.85. The molecule has 2 aromatic rings. The molecule has 2 amide bonds. The lowest BCUT2D eigenvalue weighted by molar-refractivity contribution is -0.149. The van der Waals surface area contributed by atoms with Crippen LogP contribution in [0.5, 0.6) is 0 Å². The Morgan fingerprint density at radius 1 is 1.06 bits per heavy atom. The first kappa shape index (κ1) is 22.3. The predicted octanol–water partition coefficient (Wildman–Crippen LogP) is 2.98. The second-order valence-corrected chi connectivity index (χ2v) is 7.77. The highest BCUT2D eigenvalue weighted by atomic mass is 16.5. The molecule has 1 fully saturated rings. The Labute approximate surface area is 182 Å². The van der Waals surface area contributed by atoms with Gasteiger partial charge in [-0.1, -0.05) is 67.2 Å². The van der Waals surface area contributed by atoms with Crippen LogP contribution in [0, 0.1) is 0 Å². The Morgan fingerprint density at radius 2 is 1.65 bits per heavy atom. The summed E-state index contributed by atoms with van der Waals surface area (Å²) in [6.07, 6.45) is 2.23. The van der Waals surface area contributed by atoms with E-state index in [2.05, 4.69) is 11.9 Å². The summed E-state index contributed by atoms with van der Waals surface area (Å²) >= 11 is 0. The molecule has 0 aliphatic carbocycles. The van der Waals surface area contributed by atoms with Gasteiger partial charge in [0.05, 0.1) is 5.41 Å². The molecular formula is C25H28N2O4. The summed E-state index contributed by atoms with van der Waals surface area (Å²) in [7, 11) is 0. The van der Waals surface area contributed by atoms with Crippen molar-refractivity contribution in [3.63, 3.8) is 0 Å². The average molecular weight is 421 g/mol. The van der Waals surface area contributed by atoms with Crippen LogP contribution in [0.25, 0.3) is 0 Å². The van der Waals surface area contributed by atoms with Crippen molar-refractivity contribution in [2.24, 2.45) is 0 Å². The van der Waals surface area contributed by atoms with Gasteiger partial charge in [-0.3, -0.25) is 9.59 Å². The van der Waals surface area contributed by atoms with Crippen LogP contribution in [0.4, 0.5) is 0 Å². The van der Waals surface area contributed by atoms with E-state index in [-0.39, 0.29) is 18.4 Å². The molecule has 1 N–H and O–H groups in total. The lowest BCUT2D eigenvalue weighted by Crippen LogP contribution is -2.55. The Bertz CT molecular complexity index is 919. The zero-order valence-electron chi connectivity index (χ0n) is 17.8. The third-order valence-corrected chi connectivity index (χ3v) is 5.79. The van der Waals surface area contributed by atoms with Crippen molar-refractivity contribution in [1.82, 2.24) is 10.2 Å². The molecule has 6 heteroatoms. The van der Waals surface area contributed by atoms with Crippen LogP contribution in [0.15, 0.2) is 73.3 Å². The number of rotatable bonds is 7. The van der Waals surface area contributed by atoms with E-state index in [1.807, 2.05) is 60.7 Å². The maximum absolute atomic E-state index is 13.4. The fourth-order valence-electron chi connectivity index (χ4n) is 3.89. The van der Waals surface area contributed by atoms with Crippen LogP contribution in [0.3, 0.4) is 0 Å². The van der Waals surface area contributed by atoms with Gasteiger partial charge in [-0.05, 0) is 37.0 Å². The Morgan fingerprint density at radius 3 is 2.23 bits per heavy atom. The van der Waals surface area contributed by atoms with Crippen molar-refractivity contribution in [3.05, 3.63) is 84.4 Å². The fourth-order valence-corrected chi connectivity index (χ4v) is 3.89. The number of piperidine rings is 1. The van der Waals surface area contributed by atoms with Gasteiger partial charge >= 0.3 is 5.97 Å². The van der Waals surface area contributed by atoms with Crippen LogP contribution in [0.2, 0.25) is 0 Å². The van der Waals surface area contributed by atoms with Crippen molar-refractivity contribution in [2.45, 2.75) is 37.8 Å². The molecule has 162 valence electrons. The summed E-state index contributed by atoms with van der Waals surface area (Å²) in [6, 6.07) is 18.1. The monoisotopic (exact) mass is 420 g/mol. The number of hydrogen-bond acceptors (Lipinski definition) is 4. The third-order valence-electron chi connectivity index (χ3n) is 5.79. The second-order valence-electron chi connectivity index (χ2n) is 7.77. The number of carbonyl (C=O) groups is 3. The van der Waals surface area contributed by atoms with E-state index < -0.39 is 17.4 Å². The van der Waals surface area contributed by atoms with E-state index >= 15 is 0 Å². The number of benzene rings is 2. The maximum atomic E-state index is 13.4. The largest absolute Gasteiger partial charge is 0.459 e. The number of amides is 2. The SMILES string of the molecule is C=CC(=O)N1CCC(C(=O)N[C@H](C)C(=O)OCc2ccccc2)(c2ccccc2)CC1. The number of esters is 1. The maximum Gasteiger partial charge on any atom is 0.328 e. The Balaban J connectivity index is 1.69. The quantitative estimate of drug-likeness (QED) is 0.552. The summed E-state index contributed by atoms with van der Waals surface area (Å²) in [5.41, 5.74) is 0.949. The number of nitrogens with zero attached hydrogens (tertiary/aromatic N) is 1. The molecule has 0 spiro atoms. The van der Waals surface area contributed by atoms with Crippen LogP contribution in [0.1, 0.15) is 30.9 Å². The molecule has 3 rings (SSSR count). The van der Waals surface area contributed by atoms with Gasteiger partial charge in [0, 0.05) is 13.1 Å². The highest BCUT2D eigenvalue weighted by Gasteiger charge is 2.44. The first-order valence-corrected chi connectivity index (χ1v) is 10.4. The van der Waals surface area contributed by atoms with Gasteiger partial charge in [0.15, 0.2) is 0 Å². The van der Waals surface area contributed by atoms with Crippen LogP contribution in [-0.4, -0.2) is 41.8 Å². The number of likely N-dealkylation sites (tertiary alicyclic amines) is 1. The van der Waals surface area contributed by atoms with E-state index in [1.165, 1.54) is 6.08 Å². The van der Waals surface area contributed by atoms with E-state index in [0.717, 1.165) is 11.1 Å². The minimum absolute atomic E-state index is 0.139. The molecule has 2 aromatic carbocycles. The van der Waals surface area contributed by atoms with Gasteiger partial charge in [0.2, 0.25) is 11.8 Å². The first-order chi connectivity index (χ1) is 15.0. The van der Waals surface area contributed by atoms with Gasteiger partial charge in [-0.25, -0.2) is 4.79 Å². The molecule has 31 heavy (non-hydrogen) atoms. The summed E-state index contributed by atoms with van der Waals surface area (Å²) < 4.78 is 5.36. The molecule has 0 bridgehead atoms. The standard InChI is InChI=1S/C25H28N2O4/c1-3-22(28)27-16-14-25(15-17-27,21-12-8-5-9-13-21)24(30)26-19(2)23(29)31-18-20-10-6-4-7-11-20/h3-13,19H,1,14-18H2,2H3,(H,26,30)/t19-/m1/s1. The van der Waals surface area contributed by atoms with E-state index in [0.29, 0.717) is 25.9 Å². The van der Waals surface area contributed by atoms with Crippen molar-refractivity contribution in [2.75, 3.05) is 13.1 Å². The topological polar surface area (TPSA) is 75.7 Å². The van der Waals surface area contributed by atoms with Gasteiger partial charge in [-0.15, -0.1) is 0 Å². The summed E-state index contributed by atoms with van der Waals surface area (Å²) in [5.74, 6) is -0.854. The fraction of sp³-hybridized carbons (Fsp3) is 0.320. The molecular weight excluding hydrogens is 392 g/mol. The summed E-state index contributed by atoms with van der Waals surface area (Å²) in [4.78, 5) is 39.5. The molecule has 1 atom stereocenters. The summed E-state index contributed by atoms with van der Waals surface area (Å²) in [6.45, 7) is 6.21. The minimum atomic E-state index is -0.812. The van der Waals surface area contributed by atoms with Gasteiger partial charge in [0.25, 0.3) is 0 Å². The zero-order chi connectivity index (χ0) is 22.3. The molecule has 0 unspecified atom stereocenters. The number of ether oxygens (including phenoxy) is 1. The average Bonchev–Trinajstić information content (AvgIpc) is 2.83. The second kappa shape index (κ2) is 10.1. The normalized spacial score (nSPS) is 16.1. The van der Waals surface area contributed by atoms with Crippen LogP contribution >= 0.6 is 0 Å². The van der Waals surface area contributed by atoms with E-state index in [9.17, 15) is 14.4 Å². The molecule has 0 radical (unpaired) electrons. The molecule has 6 nitrogen and oxygen atoms in total. The predicted molar refractivity (Wildman–Crippen MR) is 118 cm³/mol. The zero-order valence-corrected chi connectivity index (χ0v) is 17.8. The number of nitrogens with one attached hydrogen (secondary N) is 1. The van der Waals surface area contributed by atoms with Crippen molar-refractivity contribution >= 4 is 17.8 Å². The van der Waals surface area contributed by atoms with E-state index in [4.69, 9.17) is 4.74 Å². The molecule has 1 aliphatic heterocycles. The van der Waals surface area contributed by atoms with Crippen molar-refractivity contribution in [1.29, 1.82) is 0 Å². The van der Waals surface area contributed by atoms with Gasteiger partial charge in [-0.2, -0.15) is 0 Å².